The third-order valence-corrected chi connectivity index (χ3v) is 3.56. The first kappa shape index (κ1) is 14.0. The van der Waals surface area contributed by atoms with Crippen molar-refractivity contribution in [2.45, 2.75) is 13.8 Å². The van der Waals surface area contributed by atoms with Gasteiger partial charge < -0.3 is 10.3 Å². The van der Waals surface area contributed by atoms with Crippen LogP contribution in [-0.4, -0.2) is 15.9 Å². The van der Waals surface area contributed by atoms with Crippen molar-refractivity contribution in [3.05, 3.63) is 69.6 Å². The molecular formula is C17H15N3O2. The molecule has 0 aliphatic carbocycles. The van der Waals surface area contributed by atoms with E-state index in [1.165, 1.54) is 0 Å². The van der Waals surface area contributed by atoms with E-state index in [2.05, 4.69) is 15.3 Å². The molecule has 3 rings (SSSR count). The van der Waals surface area contributed by atoms with Gasteiger partial charge in [0, 0.05) is 17.1 Å². The Balaban J connectivity index is 2.04. The lowest BCUT2D eigenvalue weighted by atomic mass is 10.0. The third-order valence-electron chi connectivity index (χ3n) is 3.56. The number of hydrogen-bond acceptors (Lipinski definition) is 3. The summed E-state index contributed by atoms with van der Waals surface area (Å²) in [5.74, 6) is -0.0385. The second-order valence-electron chi connectivity index (χ2n) is 5.17. The maximum atomic E-state index is 12.4. The number of rotatable bonds is 2. The highest BCUT2D eigenvalue weighted by molar-refractivity contribution is 6.07. The zero-order valence-electron chi connectivity index (χ0n) is 12.3. The number of aryl methyl sites for hydroxylation is 2. The topological polar surface area (TPSA) is 74.8 Å². The molecule has 0 radical (unpaired) electrons. The average Bonchev–Trinajstić information content (AvgIpc) is 2.49. The minimum absolute atomic E-state index is 0.112. The Morgan fingerprint density at radius 2 is 1.91 bits per heavy atom. The maximum absolute atomic E-state index is 12.4. The second kappa shape index (κ2) is 5.44. The zero-order valence-corrected chi connectivity index (χ0v) is 12.3. The number of anilines is 1. The van der Waals surface area contributed by atoms with Crippen LogP contribution >= 0.6 is 0 Å². The smallest absolute Gasteiger partial charge is 0.262 e. The summed E-state index contributed by atoms with van der Waals surface area (Å²) in [5, 5.41) is 3.51. The number of carbonyl (C=O) groups is 1. The van der Waals surface area contributed by atoms with Crippen LogP contribution in [0.5, 0.6) is 0 Å². The van der Waals surface area contributed by atoms with E-state index < -0.39 is 11.5 Å². The number of aromatic nitrogens is 2. The van der Waals surface area contributed by atoms with Gasteiger partial charge in [-0.1, -0.05) is 24.3 Å². The van der Waals surface area contributed by atoms with Crippen LogP contribution in [0, 0.1) is 13.8 Å². The van der Waals surface area contributed by atoms with Crippen molar-refractivity contribution in [3.63, 3.8) is 0 Å². The van der Waals surface area contributed by atoms with Gasteiger partial charge in [-0.2, -0.15) is 0 Å². The minimum Gasteiger partial charge on any atom is -0.321 e. The Kier molecular flexibility index (Phi) is 3.47. The van der Waals surface area contributed by atoms with Crippen molar-refractivity contribution >= 4 is 22.6 Å². The first-order chi connectivity index (χ1) is 10.6. The molecule has 0 aliphatic rings. The highest BCUT2D eigenvalue weighted by atomic mass is 16.2. The molecule has 0 aliphatic heterocycles. The number of hydrogen-bond donors (Lipinski definition) is 2. The number of nitrogens with zero attached hydrogens (tertiary/aromatic N) is 1. The lowest BCUT2D eigenvalue weighted by Crippen LogP contribution is -2.25. The number of fused-ring (bicyclic) bond motifs is 1. The Labute approximate surface area is 127 Å². The summed E-state index contributed by atoms with van der Waals surface area (Å²) in [7, 11) is 0. The highest BCUT2D eigenvalue weighted by Crippen LogP contribution is 2.17. The lowest BCUT2D eigenvalue weighted by Gasteiger charge is -2.09. The van der Waals surface area contributed by atoms with Crippen molar-refractivity contribution in [1.82, 2.24) is 9.97 Å². The molecule has 0 fully saturated rings. The number of H-pyrrole nitrogens is 1. The van der Waals surface area contributed by atoms with Gasteiger partial charge in [-0.3, -0.25) is 9.59 Å². The Morgan fingerprint density at radius 3 is 2.64 bits per heavy atom. The van der Waals surface area contributed by atoms with E-state index in [4.69, 9.17) is 0 Å². The number of benzene rings is 1. The van der Waals surface area contributed by atoms with Crippen LogP contribution in [0.15, 0.2) is 47.4 Å². The third kappa shape index (κ3) is 2.48. The van der Waals surface area contributed by atoms with Gasteiger partial charge >= 0.3 is 0 Å². The van der Waals surface area contributed by atoms with Crippen molar-refractivity contribution < 1.29 is 4.79 Å². The van der Waals surface area contributed by atoms with Crippen molar-refractivity contribution in [3.8, 4) is 0 Å². The molecule has 3 aromatic rings. The number of carbonyl (C=O) groups excluding carboxylic acids is 1. The molecule has 0 bridgehead atoms. The van der Waals surface area contributed by atoms with E-state index in [1.807, 2.05) is 37.3 Å². The molecule has 1 amide bonds. The zero-order chi connectivity index (χ0) is 15.7. The molecule has 0 saturated heterocycles. The maximum Gasteiger partial charge on any atom is 0.262 e. The van der Waals surface area contributed by atoms with Crippen LogP contribution in [0.2, 0.25) is 0 Å². The van der Waals surface area contributed by atoms with Gasteiger partial charge in [-0.15, -0.1) is 0 Å². The van der Waals surface area contributed by atoms with Crippen LogP contribution in [0.25, 0.3) is 10.9 Å². The average molecular weight is 293 g/mol. The van der Waals surface area contributed by atoms with Gasteiger partial charge in [0.05, 0.1) is 0 Å². The van der Waals surface area contributed by atoms with Crippen molar-refractivity contribution in [2.24, 2.45) is 0 Å². The van der Waals surface area contributed by atoms with Gasteiger partial charge in [0.1, 0.15) is 11.4 Å². The summed E-state index contributed by atoms with van der Waals surface area (Å²) >= 11 is 0. The SMILES string of the molecule is Cc1ccc(NC(=O)c2c(C)c3ccccc3[nH]c2=O)nc1. The standard InChI is InChI=1S/C17H15N3O2/c1-10-7-8-14(18-9-10)20-17(22)15-11(2)12-5-3-4-6-13(12)19-16(15)21/h3-9H,1-2H3,(H,19,21)(H,18,20,22). The van der Waals surface area contributed by atoms with Crippen LogP contribution in [0.1, 0.15) is 21.5 Å². The van der Waals surface area contributed by atoms with E-state index in [0.717, 1.165) is 16.5 Å². The molecule has 2 heterocycles. The van der Waals surface area contributed by atoms with Crippen LogP contribution < -0.4 is 10.9 Å². The quantitative estimate of drug-likeness (QED) is 0.763. The molecular weight excluding hydrogens is 278 g/mol. The van der Waals surface area contributed by atoms with E-state index in [-0.39, 0.29) is 5.56 Å². The summed E-state index contributed by atoms with van der Waals surface area (Å²) in [6.45, 7) is 3.69. The van der Waals surface area contributed by atoms with Gasteiger partial charge in [-0.25, -0.2) is 4.98 Å². The number of amides is 1. The molecule has 0 saturated carbocycles. The largest absolute Gasteiger partial charge is 0.321 e. The van der Waals surface area contributed by atoms with Gasteiger partial charge in [-0.05, 0) is 37.1 Å². The fourth-order valence-electron chi connectivity index (χ4n) is 2.40. The second-order valence-corrected chi connectivity index (χ2v) is 5.17. The molecule has 0 atom stereocenters. The van der Waals surface area contributed by atoms with Gasteiger partial charge in [0.2, 0.25) is 0 Å². The van der Waals surface area contributed by atoms with Crippen LogP contribution in [0.4, 0.5) is 5.82 Å². The van der Waals surface area contributed by atoms with Gasteiger partial charge in [0.25, 0.3) is 11.5 Å². The number of pyridine rings is 2. The van der Waals surface area contributed by atoms with Crippen LogP contribution in [0.3, 0.4) is 0 Å². The number of aromatic amines is 1. The molecule has 110 valence electrons. The molecule has 2 N–H and O–H groups in total. The van der Waals surface area contributed by atoms with Crippen molar-refractivity contribution in [1.29, 1.82) is 0 Å². The predicted octanol–water partition coefficient (Wildman–Crippen LogP) is 2.79. The summed E-state index contributed by atoms with van der Waals surface area (Å²) in [6.07, 6.45) is 1.66. The number of nitrogens with one attached hydrogen (secondary N) is 2. The lowest BCUT2D eigenvalue weighted by molar-refractivity contribution is 0.102. The Bertz CT molecular complexity index is 911. The van der Waals surface area contributed by atoms with E-state index in [0.29, 0.717) is 11.4 Å². The first-order valence-corrected chi connectivity index (χ1v) is 6.92. The molecule has 5 heteroatoms. The van der Waals surface area contributed by atoms with Crippen molar-refractivity contribution in [2.75, 3.05) is 5.32 Å². The Morgan fingerprint density at radius 1 is 1.14 bits per heavy atom. The highest BCUT2D eigenvalue weighted by Gasteiger charge is 2.17. The molecule has 2 aromatic heterocycles. The van der Waals surface area contributed by atoms with E-state index in [1.54, 1.807) is 19.2 Å². The summed E-state index contributed by atoms with van der Waals surface area (Å²) < 4.78 is 0. The summed E-state index contributed by atoms with van der Waals surface area (Å²) in [6, 6.07) is 11.0. The first-order valence-electron chi connectivity index (χ1n) is 6.92. The normalized spacial score (nSPS) is 10.6. The summed E-state index contributed by atoms with van der Waals surface area (Å²) in [4.78, 5) is 31.5. The molecule has 0 unspecified atom stereocenters. The molecule has 22 heavy (non-hydrogen) atoms. The van der Waals surface area contributed by atoms with Gasteiger partial charge in [0.15, 0.2) is 0 Å². The van der Waals surface area contributed by atoms with E-state index in [9.17, 15) is 9.59 Å². The summed E-state index contributed by atoms with van der Waals surface area (Å²) in [5.41, 5.74) is 2.08. The Hall–Kier alpha value is -2.95. The molecule has 5 nitrogen and oxygen atoms in total. The number of para-hydroxylation sites is 1. The minimum atomic E-state index is -0.458. The van der Waals surface area contributed by atoms with Crippen LogP contribution in [-0.2, 0) is 0 Å². The molecule has 0 spiro atoms. The fourth-order valence-corrected chi connectivity index (χ4v) is 2.40. The monoisotopic (exact) mass is 293 g/mol. The van der Waals surface area contributed by atoms with E-state index >= 15 is 0 Å². The fraction of sp³-hybridized carbons (Fsp3) is 0.118. The molecule has 1 aromatic carbocycles. The predicted molar refractivity (Wildman–Crippen MR) is 86.2 cm³/mol.